The van der Waals surface area contributed by atoms with Crippen LogP contribution < -0.4 is 5.32 Å². The van der Waals surface area contributed by atoms with Gasteiger partial charge in [-0.1, -0.05) is 12.8 Å². The van der Waals surface area contributed by atoms with Crippen LogP contribution in [0.25, 0.3) is 0 Å². The summed E-state index contributed by atoms with van der Waals surface area (Å²) in [5.41, 5.74) is 0. The summed E-state index contributed by atoms with van der Waals surface area (Å²) in [5.74, 6) is 0. The van der Waals surface area contributed by atoms with Gasteiger partial charge >= 0.3 is 0 Å². The number of aliphatic hydroxyl groups is 1. The Morgan fingerprint density at radius 2 is 1.77 bits per heavy atom. The summed E-state index contributed by atoms with van der Waals surface area (Å²) in [5, 5.41) is 13.2. The summed E-state index contributed by atoms with van der Waals surface area (Å²) in [6, 6.07) is 0.454. The SMILES string of the molecule is O[C@H]1CCCC[C@@H]1N1CCNCC1. The number of hydrogen-bond acceptors (Lipinski definition) is 3. The number of nitrogens with zero attached hydrogens (tertiary/aromatic N) is 1. The van der Waals surface area contributed by atoms with E-state index in [-0.39, 0.29) is 6.10 Å². The molecule has 0 aromatic rings. The number of rotatable bonds is 1. The minimum Gasteiger partial charge on any atom is -0.391 e. The average Bonchev–Trinajstić information content (AvgIpc) is 2.20. The molecule has 3 heteroatoms. The third-order valence-electron chi connectivity index (χ3n) is 3.31. The first-order valence-corrected chi connectivity index (χ1v) is 5.51. The number of hydrogen-bond donors (Lipinski definition) is 2. The van der Waals surface area contributed by atoms with Crippen molar-refractivity contribution in [1.29, 1.82) is 0 Å². The van der Waals surface area contributed by atoms with E-state index in [1.807, 2.05) is 0 Å². The van der Waals surface area contributed by atoms with Crippen molar-refractivity contribution in [3.05, 3.63) is 0 Å². The summed E-state index contributed by atoms with van der Waals surface area (Å²) in [4.78, 5) is 2.46. The van der Waals surface area contributed by atoms with Crippen LogP contribution in [-0.4, -0.2) is 48.3 Å². The summed E-state index contributed by atoms with van der Waals surface area (Å²) in [7, 11) is 0. The van der Waals surface area contributed by atoms with Gasteiger partial charge in [0.05, 0.1) is 6.10 Å². The topological polar surface area (TPSA) is 35.5 Å². The van der Waals surface area contributed by atoms with Gasteiger partial charge in [-0.05, 0) is 12.8 Å². The maximum Gasteiger partial charge on any atom is 0.0695 e. The maximum absolute atomic E-state index is 9.86. The standard InChI is InChI=1S/C10H20N2O/c13-10-4-2-1-3-9(10)12-7-5-11-6-8-12/h9-11,13H,1-8H2/t9-,10-/m0/s1. The Morgan fingerprint density at radius 3 is 2.46 bits per heavy atom. The number of nitrogens with one attached hydrogen (secondary N) is 1. The third kappa shape index (κ3) is 2.22. The normalized spacial score (nSPS) is 37.6. The highest BCUT2D eigenvalue weighted by Crippen LogP contribution is 2.23. The molecule has 1 aliphatic carbocycles. The van der Waals surface area contributed by atoms with Crippen molar-refractivity contribution >= 4 is 0 Å². The first kappa shape index (κ1) is 9.44. The van der Waals surface area contributed by atoms with Gasteiger partial charge in [-0.2, -0.15) is 0 Å². The van der Waals surface area contributed by atoms with E-state index in [1.54, 1.807) is 0 Å². The predicted octanol–water partition coefficient (Wildman–Crippen LogP) is 0.195. The monoisotopic (exact) mass is 184 g/mol. The lowest BCUT2D eigenvalue weighted by molar-refractivity contribution is 0.0145. The van der Waals surface area contributed by atoms with E-state index in [9.17, 15) is 5.11 Å². The fourth-order valence-corrected chi connectivity index (χ4v) is 2.53. The Bertz CT molecular complexity index is 157. The molecule has 2 atom stereocenters. The van der Waals surface area contributed by atoms with Crippen LogP contribution in [0.5, 0.6) is 0 Å². The molecule has 2 rings (SSSR count). The molecule has 1 aliphatic heterocycles. The smallest absolute Gasteiger partial charge is 0.0695 e. The molecule has 76 valence electrons. The van der Waals surface area contributed by atoms with Gasteiger partial charge in [-0.15, -0.1) is 0 Å². The molecule has 0 aromatic heterocycles. The lowest BCUT2D eigenvalue weighted by Crippen LogP contribution is -2.53. The molecule has 2 N–H and O–H groups in total. The maximum atomic E-state index is 9.86. The van der Waals surface area contributed by atoms with E-state index in [0.717, 1.165) is 32.6 Å². The Hall–Kier alpha value is -0.120. The molecule has 0 aromatic carbocycles. The van der Waals surface area contributed by atoms with Crippen molar-refractivity contribution in [2.45, 2.75) is 37.8 Å². The van der Waals surface area contributed by atoms with Crippen molar-refractivity contribution in [1.82, 2.24) is 10.2 Å². The van der Waals surface area contributed by atoms with Crippen LogP contribution in [0.3, 0.4) is 0 Å². The molecule has 0 bridgehead atoms. The molecular formula is C10H20N2O. The van der Waals surface area contributed by atoms with Gasteiger partial charge in [0.25, 0.3) is 0 Å². The fourth-order valence-electron chi connectivity index (χ4n) is 2.53. The van der Waals surface area contributed by atoms with Crippen molar-refractivity contribution in [2.24, 2.45) is 0 Å². The largest absolute Gasteiger partial charge is 0.391 e. The molecule has 2 fully saturated rings. The zero-order valence-corrected chi connectivity index (χ0v) is 8.21. The van der Waals surface area contributed by atoms with Crippen LogP contribution in [-0.2, 0) is 0 Å². The lowest BCUT2D eigenvalue weighted by atomic mass is 9.91. The molecule has 2 aliphatic rings. The number of piperazine rings is 1. The minimum absolute atomic E-state index is 0.0631. The summed E-state index contributed by atoms with van der Waals surface area (Å²) in [6.07, 6.45) is 4.65. The highest BCUT2D eigenvalue weighted by Gasteiger charge is 2.28. The molecule has 1 heterocycles. The van der Waals surface area contributed by atoms with E-state index < -0.39 is 0 Å². The Balaban J connectivity index is 1.88. The van der Waals surface area contributed by atoms with Crippen LogP contribution in [0, 0.1) is 0 Å². The first-order valence-electron chi connectivity index (χ1n) is 5.51. The second-order valence-corrected chi connectivity index (χ2v) is 4.21. The Morgan fingerprint density at radius 1 is 1.08 bits per heavy atom. The van der Waals surface area contributed by atoms with E-state index in [2.05, 4.69) is 10.2 Å². The molecule has 13 heavy (non-hydrogen) atoms. The van der Waals surface area contributed by atoms with Gasteiger partial charge in [0, 0.05) is 32.2 Å². The van der Waals surface area contributed by atoms with Crippen LogP contribution in [0.4, 0.5) is 0 Å². The van der Waals surface area contributed by atoms with Crippen LogP contribution >= 0.6 is 0 Å². The molecule has 0 spiro atoms. The van der Waals surface area contributed by atoms with Crippen LogP contribution in [0.1, 0.15) is 25.7 Å². The fraction of sp³-hybridized carbons (Fsp3) is 1.00. The molecule has 1 saturated heterocycles. The number of aliphatic hydroxyl groups excluding tert-OH is 1. The Kier molecular flexibility index (Phi) is 3.19. The zero-order chi connectivity index (χ0) is 9.10. The van der Waals surface area contributed by atoms with Gasteiger partial charge in [0.1, 0.15) is 0 Å². The first-order chi connectivity index (χ1) is 6.38. The van der Waals surface area contributed by atoms with Crippen LogP contribution in [0.15, 0.2) is 0 Å². The van der Waals surface area contributed by atoms with Crippen molar-refractivity contribution in [3.63, 3.8) is 0 Å². The average molecular weight is 184 g/mol. The minimum atomic E-state index is -0.0631. The van der Waals surface area contributed by atoms with Crippen LogP contribution in [0.2, 0.25) is 0 Å². The third-order valence-corrected chi connectivity index (χ3v) is 3.31. The quantitative estimate of drug-likeness (QED) is 0.611. The second kappa shape index (κ2) is 4.40. The van der Waals surface area contributed by atoms with Crippen molar-refractivity contribution < 1.29 is 5.11 Å². The highest BCUT2D eigenvalue weighted by atomic mass is 16.3. The van der Waals surface area contributed by atoms with Gasteiger partial charge in [0.15, 0.2) is 0 Å². The van der Waals surface area contributed by atoms with Gasteiger partial charge in [-0.25, -0.2) is 0 Å². The Labute approximate surface area is 80.1 Å². The predicted molar refractivity (Wildman–Crippen MR) is 52.7 cm³/mol. The van der Waals surface area contributed by atoms with Gasteiger partial charge in [0.2, 0.25) is 0 Å². The van der Waals surface area contributed by atoms with E-state index >= 15 is 0 Å². The van der Waals surface area contributed by atoms with Gasteiger partial charge in [-0.3, -0.25) is 4.90 Å². The molecule has 0 amide bonds. The van der Waals surface area contributed by atoms with E-state index in [1.165, 1.54) is 19.3 Å². The molecule has 3 nitrogen and oxygen atoms in total. The molecule has 0 radical (unpaired) electrons. The lowest BCUT2D eigenvalue weighted by Gasteiger charge is -2.39. The van der Waals surface area contributed by atoms with E-state index in [4.69, 9.17) is 0 Å². The van der Waals surface area contributed by atoms with Crippen molar-refractivity contribution in [3.8, 4) is 0 Å². The molecular weight excluding hydrogens is 164 g/mol. The summed E-state index contributed by atoms with van der Waals surface area (Å²) < 4.78 is 0. The zero-order valence-electron chi connectivity index (χ0n) is 8.21. The molecule has 1 saturated carbocycles. The summed E-state index contributed by atoms with van der Waals surface area (Å²) >= 11 is 0. The second-order valence-electron chi connectivity index (χ2n) is 4.21. The van der Waals surface area contributed by atoms with Gasteiger partial charge < -0.3 is 10.4 Å². The summed E-state index contributed by atoms with van der Waals surface area (Å²) in [6.45, 7) is 4.40. The molecule has 0 unspecified atom stereocenters. The van der Waals surface area contributed by atoms with E-state index in [0.29, 0.717) is 6.04 Å². The highest BCUT2D eigenvalue weighted by molar-refractivity contribution is 4.85. The van der Waals surface area contributed by atoms with Crippen molar-refractivity contribution in [2.75, 3.05) is 26.2 Å².